The summed E-state index contributed by atoms with van der Waals surface area (Å²) in [6.07, 6.45) is 4.30. The molecule has 2 amide bonds. The Kier molecular flexibility index (Phi) is 7.14. The maximum Gasteiger partial charge on any atom is 0.314 e. The maximum atomic E-state index is 12.0. The van der Waals surface area contributed by atoms with Gasteiger partial charge >= 0.3 is 6.03 Å². The van der Waals surface area contributed by atoms with E-state index in [1.165, 1.54) is 12.0 Å². The first-order chi connectivity index (χ1) is 12.7. The summed E-state index contributed by atoms with van der Waals surface area (Å²) in [7, 11) is 1.66. The van der Waals surface area contributed by atoms with Crippen LogP contribution in [0.1, 0.15) is 24.8 Å². The predicted molar refractivity (Wildman–Crippen MR) is 102 cm³/mol. The van der Waals surface area contributed by atoms with Gasteiger partial charge in [0.15, 0.2) is 0 Å². The average Bonchev–Trinajstić information content (AvgIpc) is 3.22. The number of methoxy groups -OCH3 is 1. The van der Waals surface area contributed by atoms with Gasteiger partial charge in [0.25, 0.3) is 0 Å². The molecule has 26 heavy (non-hydrogen) atoms. The number of carbonyl (C=O) groups excluding carboxylic acids is 1. The van der Waals surface area contributed by atoms with Crippen molar-refractivity contribution in [3.05, 3.63) is 29.8 Å². The van der Waals surface area contributed by atoms with Gasteiger partial charge in [-0.3, -0.25) is 4.90 Å². The number of piperidine rings is 1. The van der Waals surface area contributed by atoms with Crippen molar-refractivity contribution in [1.29, 1.82) is 0 Å². The number of ether oxygens (including phenoxy) is 2. The molecule has 0 aliphatic carbocycles. The molecule has 1 aromatic carbocycles. The topological polar surface area (TPSA) is 62.8 Å². The Bertz CT molecular complexity index is 550. The number of nitrogens with zero attached hydrogens (tertiary/aromatic N) is 1. The molecule has 1 atom stereocenters. The molecule has 0 bridgehead atoms. The van der Waals surface area contributed by atoms with Crippen LogP contribution in [0.2, 0.25) is 0 Å². The average molecular weight is 361 g/mol. The van der Waals surface area contributed by atoms with E-state index in [0.29, 0.717) is 18.5 Å². The summed E-state index contributed by atoms with van der Waals surface area (Å²) >= 11 is 0. The van der Waals surface area contributed by atoms with Crippen LogP contribution in [0, 0.1) is 5.92 Å². The summed E-state index contributed by atoms with van der Waals surface area (Å²) < 4.78 is 10.6. The van der Waals surface area contributed by atoms with Gasteiger partial charge in [-0.1, -0.05) is 12.1 Å². The van der Waals surface area contributed by atoms with Crippen molar-refractivity contribution in [3.8, 4) is 5.75 Å². The second-order valence-corrected chi connectivity index (χ2v) is 7.23. The van der Waals surface area contributed by atoms with Crippen LogP contribution in [0.5, 0.6) is 5.75 Å². The third-order valence-electron chi connectivity index (χ3n) is 5.48. The highest BCUT2D eigenvalue weighted by Crippen LogP contribution is 2.21. The number of likely N-dealkylation sites (tertiary alicyclic amines) is 1. The van der Waals surface area contributed by atoms with Crippen LogP contribution >= 0.6 is 0 Å². The standard InChI is InChI=1S/C20H31N3O3/c1-25-19-4-2-16(3-5-19)6-10-21-20(24)22-14-17-7-11-23(12-8-17)18-9-13-26-15-18/h2-5,17-18H,6-15H2,1H3,(H2,21,22,24)/t18-/m1/s1. The van der Waals surface area contributed by atoms with E-state index < -0.39 is 0 Å². The fourth-order valence-corrected chi connectivity index (χ4v) is 3.74. The highest BCUT2D eigenvalue weighted by atomic mass is 16.5. The highest BCUT2D eigenvalue weighted by Gasteiger charge is 2.27. The van der Waals surface area contributed by atoms with Gasteiger partial charge in [0.2, 0.25) is 0 Å². The van der Waals surface area contributed by atoms with Crippen LogP contribution in [-0.4, -0.2) is 63.5 Å². The van der Waals surface area contributed by atoms with E-state index in [4.69, 9.17) is 9.47 Å². The van der Waals surface area contributed by atoms with E-state index in [0.717, 1.165) is 57.9 Å². The molecule has 2 aliphatic rings. The number of hydrogen-bond donors (Lipinski definition) is 2. The lowest BCUT2D eigenvalue weighted by Crippen LogP contribution is -2.45. The van der Waals surface area contributed by atoms with E-state index in [-0.39, 0.29) is 6.03 Å². The summed E-state index contributed by atoms with van der Waals surface area (Å²) in [4.78, 5) is 14.5. The van der Waals surface area contributed by atoms with E-state index in [2.05, 4.69) is 15.5 Å². The quantitative estimate of drug-likeness (QED) is 0.780. The molecule has 144 valence electrons. The molecule has 0 radical (unpaired) electrons. The highest BCUT2D eigenvalue weighted by molar-refractivity contribution is 5.73. The van der Waals surface area contributed by atoms with Crippen LogP contribution in [0.15, 0.2) is 24.3 Å². The molecule has 0 unspecified atom stereocenters. The second-order valence-electron chi connectivity index (χ2n) is 7.23. The van der Waals surface area contributed by atoms with Crippen molar-refractivity contribution >= 4 is 6.03 Å². The van der Waals surface area contributed by atoms with Gasteiger partial charge < -0.3 is 20.1 Å². The Morgan fingerprint density at radius 3 is 2.62 bits per heavy atom. The second kappa shape index (κ2) is 9.78. The van der Waals surface area contributed by atoms with E-state index in [9.17, 15) is 4.79 Å². The van der Waals surface area contributed by atoms with Gasteiger partial charge in [-0.2, -0.15) is 0 Å². The Labute approximate surface area is 156 Å². The van der Waals surface area contributed by atoms with Crippen molar-refractivity contribution in [1.82, 2.24) is 15.5 Å². The number of hydrogen-bond acceptors (Lipinski definition) is 4. The molecule has 2 fully saturated rings. The lowest BCUT2D eigenvalue weighted by molar-refractivity contribution is 0.110. The first kappa shape index (κ1) is 19.0. The molecular formula is C20H31N3O3. The molecule has 0 spiro atoms. The van der Waals surface area contributed by atoms with Gasteiger partial charge in [-0.05, 0) is 62.4 Å². The molecule has 2 aliphatic heterocycles. The maximum absolute atomic E-state index is 12.0. The van der Waals surface area contributed by atoms with Crippen LogP contribution in [0.4, 0.5) is 4.79 Å². The smallest absolute Gasteiger partial charge is 0.314 e. The number of amides is 2. The molecule has 1 aromatic rings. The summed E-state index contributed by atoms with van der Waals surface area (Å²) in [5.74, 6) is 1.44. The zero-order chi connectivity index (χ0) is 18.2. The Balaban J connectivity index is 1.27. The van der Waals surface area contributed by atoms with E-state index >= 15 is 0 Å². The fourth-order valence-electron chi connectivity index (χ4n) is 3.74. The minimum atomic E-state index is -0.0647. The van der Waals surface area contributed by atoms with Crippen molar-refractivity contribution < 1.29 is 14.3 Å². The van der Waals surface area contributed by atoms with E-state index in [1.807, 2.05) is 24.3 Å². The fraction of sp³-hybridized carbons (Fsp3) is 0.650. The van der Waals surface area contributed by atoms with Gasteiger partial charge in [-0.25, -0.2) is 4.79 Å². The van der Waals surface area contributed by atoms with Crippen molar-refractivity contribution in [2.75, 3.05) is 46.5 Å². The minimum absolute atomic E-state index is 0.0647. The lowest BCUT2D eigenvalue weighted by Gasteiger charge is -2.35. The number of benzene rings is 1. The van der Waals surface area contributed by atoms with Crippen molar-refractivity contribution in [3.63, 3.8) is 0 Å². The number of carbonyl (C=O) groups is 1. The van der Waals surface area contributed by atoms with Crippen LogP contribution < -0.4 is 15.4 Å². The molecule has 2 N–H and O–H groups in total. The molecule has 2 heterocycles. The van der Waals surface area contributed by atoms with E-state index in [1.54, 1.807) is 7.11 Å². The third-order valence-corrected chi connectivity index (χ3v) is 5.48. The number of rotatable bonds is 7. The van der Waals surface area contributed by atoms with Gasteiger partial charge in [0, 0.05) is 25.7 Å². The largest absolute Gasteiger partial charge is 0.497 e. The molecule has 2 saturated heterocycles. The number of urea groups is 1. The van der Waals surface area contributed by atoms with Gasteiger partial charge in [-0.15, -0.1) is 0 Å². The minimum Gasteiger partial charge on any atom is -0.497 e. The van der Waals surface area contributed by atoms with Crippen LogP contribution in [0.3, 0.4) is 0 Å². The number of nitrogens with one attached hydrogen (secondary N) is 2. The summed E-state index contributed by atoms with van der Waals surface area (Å²) in [6.45, 7) is 5.45. The molecule has 6 heteroatoms. The monoisotopic (exact) mass is 361 g/mol. The first-order valence-corrected chi connectivity index (χ1v) is 9.71. The SMILES string of the molecule is COc1ccc(CCNC(=O)NCC2CCN([C@@H]3CCOC3)CC2)cc1. The molecule has 3 rings (SSSR count). The molecule has 0 saturated carbocycles. The lowest BCUT2D eigenvalue weighted by atomic mass is 9.95. The van der Waals surface area contributed by atoms with Crippen molar-refractivity contribution in [2.45, 2.75) is 31.7 Å². The summed E-state index contributed by atoms with van der Waals surface area (Å²) in [5.41, 5.74) is 1.19. The summed E-state index contributed by atoms with van der Waals surface area (Å²) in [6, 6.07) is 8.50. The molecule has 0 aromatic heterocycles. The zero-order valence-electron chi connectivity index (χ0n) is 15.7. The predicted octanol–water partition coefficient (Wildman–Crippen LogP) is 2.04. The Morgan fingerprint density at radius 1 is 1.19 bits per heavy atom. The third kappa shape index (κ3) is 5.61. The first-order valence-electron chi connectivity index (χ1n) is 9.71. The summed E-state index contributed by atoms with van der Waals surface area (Å²) in [5, 5.41) is 5.97. The Hall–Kier alpha value is -1.79. The molecule has 6 nitrogen and oxygen atoms in total. The van der Waals surface area contributed by atoms with Crippen LogP contribution in [-0.2, 0) is 11.2 Å². The van der Waals surface area contributed by atoms with Gasteiger partial charge in [0.05, 0.1) is 13.7 Å². The molecular weight excluding hydrogens is 330 g/mol. The Morgan fingerprint density at radius 2 is 1.96 bits per heavy atom. The normalized spacial score (nSPS) is 21.5. The van der Waals surface area contributed by atoms with Crippen LogP contribution in [0.25, 0.3) is 0 Å². The van der Waals surface area contributed by atoms with Gasteiger partial charge in [0.1, 0.15) is 5.75 Å². The zero-order valence-corrected chi connectivity index (χ0v) is 15.7. The van der Waals surface area contributed by atoms with Crippen molar-refractivity contribution in [2.24, 2.45) is 5.92 Å².